The summed E-state index contributed by atoms with van der Waals surface area (Å²) >= 11 is 0. The predicted molar refractivity (Wildman–Crippen MR) is 353 cm³/mol. The molecule has 0 radical (unpaired) electrons. The van der Waals surface area contributed by atoms with Crippen molar-refractivity contribution in [1.82, 2.24) is 16.0 Å². The Kier molecular flexibility index (Phi) is 53.1. The molecule has 0 saturated heterocycles. The van der Waals surface area contributed by atoms with Crippen molar-refractivity contribution in [2.75, 3.05) is 178 Å². The smallest absolute Gasteiger partial charge is 0.335 e. The van der Waals surface area contributed by atoms with E-state index in [1.807, 2.05) is 0 Å². The highest BCUT2D eigenvalue weighted by molar-refractivity contribution is 6.09. The number of aliphatic hydroxyl groups excluding tert-OH is 1. The van der Waals surface area contributed by atoms with Gasteiger partial charge in [0.25, 0.3) is 17.7 Å². The first-order chi connectivity index (χ1) is 46.4. The van der Waals surface area contributed by atoms with Gasteiger partial charge in [-0.1, -0.05) is 66.0 Å². The zero-order valence-corrected chi connectivity index (χ0v) is 53.9. The lowest BCUT2D eigenvalue weighted by Gasteiger charge is -2.09. The number of benzene rings is 4. The average molecular weight is 1320 g/mol. The maximum absolute atomic E-state index is 12.1. The fraction of sp³-hybridized carbons (Fsp3) is 0.423. The first-order valence-electron chi connectivity index (χ1n) is 30.1. The lowest BCUT2D eigenvalue weighted by molar-refractivity contribution is 0.00175. The number of aromatic carboxylic acids is 1. The molecule has 0 aliphatic heterocycles. The van der Waals surface area contributed by atoms with Crippen molar-refractivity contribution >= 4 is 42.0 Å². The van der Waals surface area contributed by atoms with Gasteiger partial charge in [-0.05, 0) is 86.0 Å². The molecule has 0 bridgehead atoms. The van der Waals surface area contributed by atoms with Crippen LogP contribution >= 0.6 is 0 Å². The quantitative estimate of drug-likeness (QED) is 0.0132. The molecule has 1 atom stereocenters. The second kappa shape index (κ2) is 60.0. The van der Waals surface area contributed by atoms with Crippen LogP contribution in [-0.2, 0) is 56.8 Å². The van der Waals surface area contributed by atoms with E-state index < -0.39 is 12.1 Å². The third-order valence-electron chi connectivity index (χ3n) is 11.5. The van der Waals surface area contributed by atoms with Crippen molar-refractivity contribution in [3.8, 4) is 60.7 Å². The number of aldehydes is 2. The van der Waals surface area contributed by atoms with E-state index in [2.05, 4.69) is 57.4 Å². The lowest BCUT2D eigenvalue weighted by Crippen LogP contribution is -2.27. The highest BCUT2D eigenvalue weighted by atomic mass is 16.6. The summed E-state index contributed by atoms with van der Waals surface area (Å²) in [5.41, 5.74) is 3.81. The fourth-order valence-electron chi connectivity index (χ4n) is 6.80. The van der Waals surface area contributed by atoms with Crippen molar-refractivity contribution in [2.24, 2.45) is 0 Å². The van der Waals surface area contributed by atoms with Crippen LogP contribution in [0, 0.1) is 60.7 Å². The molecule has 1 unspecified atom stereocenters. The molecule has 4 aromatic rings. The molecule has 4 rings (SSSR count). The molecule has 0 heterocycles. The maximum Gasteiger partial charge on any atom is 0.335 e. The number of carbonyl (C=O) groups is 7. The van der Waals surface area contributed by atoms with Crippen molar-refractivity contribution < 1.29 is 101 Å². The van der Waals surface area contributed by atoms with Gasteiger partial charge in [0.1, 0.15) is 38.5 Å². The predicted octanol–water partition coefficient (Wildman–Crippen LogP) is 4.62. The van der Waals surface area contributed by atoms with Gasteiger partial charge in [-0.25, -0.2) is 4.79 Å². The molecule has 24 heteroatoms. The highest BCUT2D eigenvalue weighted by Crippen LogP contribution is 2.13. The number of hydrogen-bond donors (Lipinski definition) is 5. The minimum absolute atomic E-state index is 0.190. The van der Waals surface area contributed by atoms with E-state index in [0.717, 1.165) is 6.29 Å². The number of amides is 3. The number of rotatable bonds is 47. The van der Waals surface area contributed by atoms with Gasteiger partial charge in [0.15, 0.2) is 0 Å². The number of carboxylic acid groups (broad SMARTS) is 1. The van der Waals surface area contributed by atoms with Gasteiger partial charge in [-0.3, -0.25) is 28.8 Å². The monoisotopic (exact) mass is 1320 g/mol. The van der Waals surface area contributed by atoms with Crippen LogP contribution in [0.5, 0.6) is 0 Å². The topological polar surface area (TPSA) is 307 Å². The van der Waals surface area contributed by atoms with Crippen molar-refractivity contribution in [3.63, 3.8) is 0 Å². The van der Waals surface area contributed by atoms with E-state index in [1.54, 1.807) is 86.6 Å². The summed E-state index contributed by atoms with van der Waals surface area (Å²) in [6, 6.07) is 25.2. The standard InChI is InChI=1S/C22H29NO6.C22H27NO6.C19H25NO6.C8H6O3/c2*1-3-5-21(24)19-6-8-20(9-7-19)22(25)23-10-12-27-14-16-29-18-17-28-15-13-26-11-4-2;1-2-8-23-10-12-25-14-15-26-13-11-24-9-7-20-19(22)18-5-3-17(16-21)4-6-18;9-5-6-1-3-7(4-2-6)8(10)11/h2,6-9,21,24H,10-18H2,1H3,(H,23,25);2,6-9H,10-18H2,1H3,(H,23,25);1,3-6,16H,7-15H2,(H,20,22);1-5H,(H,10,11). The Hall–Kier alpha value is -8.95. The van der Waals surface area contributed by atoms with E-state index >= 15 is 0 Å². The summed E-state index contributed by atoms with van der Waals surface area (Å²) in [7, 11) is 0. The minimum Gasteiger partial charge on any atom is -0.478 e. The third kappa shape index (κ3) is 45.9. The molecule has 3 amide bonds. The summed E-state index contributed by atoms with van der Waals surface area (Å²) in [6.07, 6.45) is 15.7. The van der Waals surface area contributed by atoms with Crippen LogP contribution in [0.2, 0.25) is 0 Å². The number of nitrogens with one attached hydrogen (secondary N) is 3. The van der Waals surface area contributed by atoms with E-state index in [-0.39, 0.29) is 29.1 Å². The lowest BCUT2D eigenvalue weighted by atomic mass is 10.1. The summed E-state index contributed by atoms with van der Waals surface area (Å²) in [4.78, 5) is 78.6. The molecule has 0 aromatic heterocycles. The number of carbonyl (C=O) groups excluding carboxylic acids is 6. The molecule has 0 aliphatic rings. The first kappa shape index (κ1) is 84.1. The third-order valence-corrected chi connectivity index (χ3v) is 11.5. The van der Waals surface area contributed by atoms with Crippen molar-refractivity contribution in [3.05, 3.63) is 142 Å². The van der Waals surface area contributed by atoms with Gasteiger partial charge in [0.2, 0.25) is 5.78 Å². The number of terminal acetylenes is 3. The molecule has 4 aromatic carbocycles. The van der Waals surface area contributed by atoms with Crippen LogP contribution in [-0.4, -0.2) is 230 Å². The molecular formula is C71H87N3O21. The van der Waals surface area contributed by atoms with Gasteiger partial charge in [0, 0.05) is 53.0 Å². The summed E-state index contributed by atoms with van der Waals surface area (Å²) < 4.78 is 63.3. The van der Waals surface area contributed by atoms with Crippen LogP contribution in [0.1, 0.15) is 98.0 Å². The number of hydrogen-bond acceptors (Lipinski definition) is 20. The minimum atomic E-state index is -0.984. The molecule has 0 aliphatic carbocycles. The van der Waals surface area contributed by atoms with Crippen LogP contribution < -0.4 is 16.0 Å². The summed E-state index contributed by atoms with van der Waals surface area (Å²) in [6.45, 7) is 14.9. The van der Waals surface area contributed by atoms with E-state index in [9.17, 15) is 38.7 Å². The van der Waals surface area contributed by atoms with Crippen LogP contribution in [0.3, 0.4) is 0 Å². The molecule has 5 N–H and O–H groups in total. The molecule has 95 heavy (non-hydrogen) atoms. The zero-order chi connectivity index (χ0) is 69.5. The number of ketones is 1. The van der Waals surface area contributed by atoms with Gasteiger partial charge >= 0.3 is 5.97 Å². The maximum atomic E-state index is 12.1. The number of ether oxygens (including phenoxy) is 12. The number of carboxylic acids is 1. The van der Waals surface area contributed by atoms with E-state index in [0.29, 0.717) is 223 Å². The molecule has 512 valence electrons. The largest absolute Gasteiger partial charge is 0.478 e. The van der Waals surface area contributed by atoms with Gasteiger partial charge in [-0.15, -0.1) is 25.2 Å². The zero-order valence-electron chi connectivity index (χ0n) is 53.9. The van der Waals surface area contributed by atoms with Crippen LogP contribution in [0.15, 0.2) is 97.1 Å². The SMILES string of the molecule is C#CCOCCOCCOCCOCCNC(=O)c1ccc(C(=O)C#CC)cc1.C#CCOCCOCCOCCOCCNC(=O)c1ccc(C(O)C#CC)cc1.C#CCOCCOCCOCCOCCNC(=O)c1ccc(C=O)cc1.O=Cc1ccc(C(=O)O)cc1. The van der Waals surface area contributed by atoms with Gasteiger partial charge < -0.3 is 83.0 Å². The second-order valence-corrected chi connectivity index (χ2v) is 18.5. The van der Waals surface area contributed by atoms with Gasteiger partial charge in [-0.2, -0.15) is 0 Å². The average Bonchev–Trinajstić information content (AvgIpc) is 2.27. The molecule has 24 nitrogen and oxygen atoms in total. The Balaban J connectivity index is 0.000000659. The van der Waals surface area contributed by atoms with Crippen molar-refractivity contribution in [2.45, 2.75) is 20.0 Å². The van der Waals surface area contributed by atoms with Crippen LogP contribution in [0.4, 0.5) is 0 Å². The Morgan fingerprint density at radius 3 is 0.926 bits per heavy atom. The summed E-state index contributed by atoms with van der Waals surface area (Å²) in [5.74, 6) is 15.6. The van der Waals surface area contributed by atoms with Crippen molar-refractivity contribution in [1.29, 1.82) is 0 Å². The molecule has 0 saturated carbocycles. The molecule has 0 fully saturated rings. The molecular weight excluding hydrogens is 1230 g/mol. The van der Waals surface area contributed by atoms with E-state index in [4.69, 9.17) is 81.2 Å². The van der Waals surface area contributed by atoms with Gasteiger partial charge in [0.05, 0.1) is 144 Å². The van der Waals surface area contributed by atoms with Crippen LogP contribution in [0.25, 0.3) is 0 Å². The Morgan fingerprint density at radius 1 is 0.389 bits per heavy atom. The number of aliphatic hydroxyl groups is 1. The Labute approximate surface area is 556 Å². The Morgan fingerprint density at radius 2 is 0.653 bits per heavy atom. The Bertz CT molecular complexity index is 3010. The second-order valence-electron chi connectivity index (χ2n) is 18.5. The van der Waals surface area contributed by atoms with E-state index in [1.165, 1.54) is 24.3 Å². The molecule has 0 spiro atoms. The fourth-order valence-corrected chi connectivity index (χ4v) is 6.80. The normalized spacial score (nSPS) is 10.3. The number of Topliss-reactive ketones (excluding diaryl/α,β-unsaturated/α-hetero) is 1. The summed E-state index contributed by atoms with van der Waals surface area (Å²) in [5, 5.41) is 26.5. The highest BCUT2D eigenvalue weighted by Gasteiger charge is 2.10. The first-order valence-corrected chi connectivity index (χ1v) is 30.1.